The highest BCUT2D eigenvalue weighted by molar-refractivity contribution is 7.11. The maximum Gasteiger partial charge on any atom is 0.358 e. The number of rotatable bonds is 4. The molecule has 18 heavy (non-hydrogen) atoms. The molecule has 0 aromatic carbocycles. The first kappa shape index (κ1) is 12.7. The minimum absolute atomic E-state index is 0.349. The fraction of sp³-hybridized carbons (Fsp3) is 0.308. The number of hydrogen-bond acceptors (Lipinski definition) is 5. The van der Waals surface area contributed by atoms with Crippen LogP contribution < -0.4 is 0 Å². The van der Waals surface area contributed by atoms with Crippen molar-refractivity contribution in [3.05, 3.63) is 45.7 Å². The number of carbonyl (C=O) groups is 1. The monoisotopic (exact) mass is 262 g/mol. The van der Waals surface area contributed by atoms with E-state index < -0.39 is 0 Å². The van der Waals surface area contributed by atoms with Gasteiger partial charge in [-0.1, -0.05) is 6.07 Å². The summed E-state index contributed by atoms with van der Waals surface area (Å²) in [6.07, 6.45) is 2.40. The van der Waals surface area contributed by atoms with Gasteiger partial charge in [-0.15, -0.1) is 11.3 Å². The van der Waals surface area contributed by atoms with Crippen LogP contribution >= 0.6 is 11.3 Å². The number of carbonyl (C=O) groups excluding carboxylic acids is 1. The van der Waals surface area contributed by atoms with Gasteiger partial charge in [0.1, 0.15) is 0 Å². The molecule has 0 radical (unpaired) electrons. The number of thiazole rings is 1. The Kier molecular flexibility index (Phi) is 4.04. The fourth-order valence-electron chi connectivity index (χ4n) is 1.57. The Morgan fingerprint density at radius 2 is 2.28 bits per heavy atom. The average molecular weight is 262 g/mol. The Morgan fingerprint density at radius 3 is 2.94 bits per heavy atom. The summed E-state index contributed by atoms with van der Waals surface area (Å²) in [5, 5.41) is 0.884. The Labute approximate surface area is 110 Å². The van der Waals surface area contributed by atoms with E-state index in [1.807, 2.05) is 25.1 Å². The van der Waals surface area contributed by atoms with Gasteiger partial charge in [0.2, 0.25) is 0 Å². The zero-order valence-corrected chi connectivity index (χ0v) is 11.2. The molecule has 4 nitrogen and oxygen atoms in total. The summed E-state index contributed by atoms with van der Waals surface area (Å²) >= 11 is 1.51. The van der Waals surface area contributed by atoms with Crippen molar-refractivity contribution in [1.82, 2.24) is 9.97 Å². The maximum atomic E-state index is 11.6. The Hall–Kier alpha value is -1.75. The summed E-state index contributed by atoms with van der Waals surface area (Å²) in [6, 6.07) is 5.76. The summed E-state index contributed by atoms with van der Waals surface area (Å²) in [5.74, 6) is -0.349. The minimum atomic E-state index is -0.349. The molecule has 0 aliphatic heterocycles. The second-order valence-electron chi connectivity index (χ2n) is 3.73. The number of pyridine rings is 1. The number of ether oxygens (including phenoxy) is 1. The molecule has 0 bridgehead atoms. The van der Waals surface area contributed by atoms with Crippen molar-refractivity contribution in [3.8, 4) is 0 Å². The highest BCUT2D eigenvalue weighted by Gasteiger charge is 2.16. The SMILES string of the molecule is CCOC(=O)c1nc(Cc2ccccn2)sc1C. The predicted molar refractivity (Wildman–Crippen MR) is 69.9 cm³/mol. The van der Waals surface area contributed by atoms with E-state index in [0.29, 0.717) is 18.7 Å². The van der Waals surface area contributed by atoms with Crippen molar-refractivity contribution in [2.24, 2.45) is 0 Å². The first-order chi connectivity index (χ1) is 8.70. The third-order valence-electron chi connectivity index (χ3n) is 2.37. The highest BCUT2D eigenvalue weighted by Crippen LogP contribution is 2.20. The lowest BCUT2D eigenvalue weighted by molar-refractivity contribution is 0.0519. The zero-order valence-electron chi connectivity index (χ0n) is 10.3. The summed E-state index contributed by atoms with van der Waals surface area (Å²) in [5.41, 5.74) is 1.37. The molecule has 5 heteroatoms. The number of hydrogen-bond donors (Lipinski definition) is 0. The second-order valence-corrected chi connectivity index (χ2v) is 5.02. The third kappa shape index (κ3) is 2.92. The molecular weight excluding hydrogens is 248 g/mol. The lowest BCUT2D eigenvalue weighted by Gasteiger charge is -1.98. The van der Waals surface area contributed by atoms with Crippen LogP contribution in [0.2, 0.25) is 0 Å². The van der Waals surface area contributed by atoms with Gasteiger partial charge in [0.15, 0.2) is 5.69 Å². The van der Waals surface area contributed by atoms with Crippen LogP contribution in [0.15, 0.2) is 24.4 Å². The van der Waals surface area contributed by atoms with Crippen LogP contribution in [0.3, 0.4) is 0 Å². The van der Waals surface area contributed by atoms with Crippen LogP contribution in [-0.2, 0) is 11.2 Å². The van der Waals surface area contributed by atoms with Crippen LogP contribution in [0, 0.1) is 6.92 Å². The van der Waals surface area contributed by atoms with Crippen molar-refractivity contribution in [2.75, 3.05) is 6.61 Å². The minimum Gasteiger partial charge on any atom is -0.461 e. The van der Waals surface area contributed by atoms with Gasteiger partial charge in [0.05, 0.1) is 11.6 Å². The maximum absolute atomic E-state index is 11.6. The molecular formula is C13H14N2O2S. The summed E-state index contributed by atoms with van der Waals surface area (Å²) in [6.45, 7) is 4.03. The van der Waals surface area contributed by atoms with Gasteiger partial charge < -0.3 is 4.74 Å². The predicted octanol–water partition coefficient (Wildman–Crippen LogP) is 2.61. The first-order valence-corrected chi connectivity index (χ1v) is 6.55. The summed E-state index contributed by atoms with van der Waals surface area (Å²) < 4.78 is 4.96. The van der Waals surface area contributed by atoms with E-state index in [1.165, 1.54) is 11.3 Å². The Balaban J connectivity index is 2.16. The standard InChI is InChI=1S/C13H14N2O2S/c1-3-17-13(16)12-9(2)18-11(15-12)8-10-6-4-5-7-14-10/h4-7H,3,8H2,1-2H3. The molecule has 0 fully saturated rings. The van der Waals surface area contributed by atoms with E-state index in [0.717, 1.165) is 15.6 Å². The molecule has 94 valence electrons. The number of esters is 1. The second kappa shape index (κ2) is 5.73. The van der Waals surface area contributed by atoms with Crippen LogP contribution in [0.4, 0.5) is 0 Å². The number of aryl methyl sites for hydroxylation is 1. The molecule has 0 saturated heterocycles. The quantitative estimate of drug-likeness (QED) is 0.795. The van der Waals surface area contributed by atoms with Crippen LogP contribution in [0.25, 0.3) is 0 Å². The molecule has 2 aromatic heterocycles. The van der Waals surface area contributed by atoms with E-state index in [1.54, 1.807) is 13.1 Å². The van der Waals surface area contributed by atoms with Crippen molar-refractivity contribution in [1.29, 1.82) is 0 Å². The van der Waals surface area contributed by atoms with Gasteiger partial charge in [-0.2, -0.15) is 0 Å². The molecule has 0 saturated carbocycles. The normalized spacial score (nSPS) is 10.3. The molecule has 0 aliphatic carbocycles. The Morgan fingerprint density at radius 1 is 1.44 bits per heavy atom. The van der Waals surface area contributed by atoms with Gasteiger partial charge in [-0.05, 0) is 26.0 Å². The molecule has 0 N–H and O–H groups in total. The van der Waals surface area contributed by atoms with Crippen LogP contribution in [-0.4, -0.2) is 22.5 Å². The van der Waals surface area contributed by atoms with E-state index in [4.69, 9.17) is 4.74 Å². The first-order valence-electron chi connectivity index (χ1n) is 5.74. The summed E-state index contributed by atoms with van der Waals surface area (Å²) in [7, 11) is 0. The van der Waals surface area contributed by atoms with E-state index in [-0.39, 0.29) is 5.97 Å². The van der Waals surface area contributed by atoms with Crippen molar-refractivity contribution in [3.63, 3.8) is 0 Å². The van der Waals surface area contributed by atoms with Gasteiger partial charge >= 0.3 is 5.97 Å². The molecule has 2 heterocycles. The number of nitrogens with zero attached hydrogens (tertiary/aromatic N) is 2. The van der Waals surface area contributed by atoms with Gasteiger partial charge in [0, 0.05) is 23.2 Å². The molecule has 2 rings (SSSR count). The lowest BCUT2D eigenvalue weighted by atomic mass is 10.3. The van der Waals surface area contributed by atoms with Crippen LogP contribution in [0.1, 0.15) is 33.0 Å². The smallest absolute Gasteiger partial charge is 0.358 e. The third-order valence-corrected chi connectivity index (χ3v) is 3.34. The topological polar surface area (TPSA) is 52.1 Å². The molecule has 2 aromatic rings. The van der Waals surface area contributed by atoms with Gasteiger partial charge in [0.25, 0.3) is 0 Å². The molecule has 0 aliphatic rings. The average Bonchev–Trinajstić information content (AvgIpc) is 2.72. The van der Waals surface area contributed by atoms with E-state index >= 15 is 0 Å². The van der Waals surface area contributed by atoms with E-state index in [9.17, 15) is 4.79 Å². The largest absolute Gasteiger partial charge is 0.461 e. The molecule has 0 unspecified atom stereocenters. The number of aromatic nitrogens is 2. The van der Waals surface area contributed by atoms with Gasteiger partial charge in [-0.25, -0.2) is 9.78 Å². The van der Waals surface area contributed by atoms with Crippen molar-refractivity contribution >= 4 is 17.3 Å². The Bertz CT molecular complexity index is 537. The zero-order chi connectivity index (χ0) is 13.0. The van der Waals surface area contributed by atoms with Crippen molar-refractivity contribution < 1.29 is 9.53 Å². The lowest BCUT2D eigenvalue weighted by Crippen LogP contribution is -2.06. The summed E-state index contributed by atoms with van der Waals surface area (Å²) in [4.78, 5) is 21.1. The molecule has 0 atom stereocenters. The molecule has 0 amide bonds. The van der Waals surface area contributed by atoms with Crippen LogP contribution in [0.5, 0.6) is 0 Å². The highest BCUT2D eigenvalue weighted by atomic mass is 32.1. The van der Waals surface area contributed by atoms with E-state index in [2.05, 4.69) is 9.97 Å². The van der Waals surface area contributed by atoms with Crippen molar-refractivity contribution in [2.45, 2.75) is 20.3 Å². The molecule has 0 spiro atoms. The van der Waals surface area contributed by atoms with Gasteiger partial charge in [-0.3, -0.25) is 4.98 Å². The fourth-order valence-corrected chi connectivity index (χ4v) is 2.51.